The highest BCUT2D eigenvalue weighted by atomic mass is 16.6. The van der Waals surface area contributed by atoms with E-state index in [4.69, 9.17) is 9.47 Å². The van der Waals surface area contributed by atoms with Crippen molar-refractivity contribution >= 4 is 0 Å². The van der Waals surface area contributed by atoms with Gasteiger partial charge in [-0.3, -0.25) is 0 Å². The second-order valence-electron chi connectivity index (χ2n) is 6.97. The summed E-state index contributed by atoms with van der Waals surface area (Å²) in [5.74, 6) is 0. The molecule has 0 aromatic heterocycles. The van der Waals surface area contributed by atoms with Crippen molar-refractivity contribution in [3.63, 3.8) is 0 Å². The van der Waals surface area contributed by atoms with Crippen LogP contribution in [0.15, 0.2) is 12.2 Å². The van der Waals surface area contributed by atoms with E-state index >= 15 is 0 Å². The molecular formula is C20H38O5. The lowest BCUT2D eigenvalue weighted by Gasteiger charge is -2.24. The fourth-order valence-corrected chi connectivity index (χ4v) is 3.10. The van der Waals surface area contributed by atoms with E-state index in [-0.39, 0.29) is 13.2 Å². The summed E-state index contributed by atoms with van der Waals surface area (Å²) in [6, 6.07) is 0. The van der Waals surface area contributed by atoms with E-state index in [1.807, 2.05) is 0 Å². The lowest BCUT2D eigenvalue weighted by atomic mass is 10.1. The van der Waals surface area contributed by atoms with Gasteiger partial charge in [-0.1, -0.05) is 57.6 Å². The summed E-state index contributed by atoms with van der Waals surface area (Å²) in [5, 5.41) is 28.6. The van der Waals surface area contributed by atoms with E-state index in [0.717, 1.165) is 19.3 Å². The van der Waals surface area contributed by atoms with Crippen molar-refractivity contribution in [1.82, 2.24) is 0 Å². The molecule has 0 aromatic rings. The molecule has 0 bridgehead atoms. The van der Waals surface area contributed by atoms with Gasteiger partial charge in [0.05, 0.1) is 13.2 Å². The second kappa shape index (κ2) is 14.7. The smallest absolute Gasteiger partial charge is 0.114 e. The zero-order chi connectivity index (χ0) is 18.3. The first-order valence-corrected chi connectivity index (χ1v) is 10.1. The fraction of sp³-hybridized carbons (Fsp3) is 0.900. The van der Waals surface area contributed by atoms with Crippen molar-refractivity contribution in [2.45, 2.75) is 95.5 Å². The van der Waals surface area contributed by atoms with Gasteiger partial charge in [-0.15, -0.1) is 0 Å². The number of rotatable bonds is 15. The first-order chi connectivity index (χ1) is 12.2. The van der Waals surface area contributed by atoms with Gasteiger partial charge in [0.1, 0.15) is 24.4 Å². The van der Waals surface area contributed by atoms with E-state index in [9.17, 15) is 15.3 Å². The van der Waals surface area contributed by atoms with Crippen LogP contribution in [0.25, 0.3) is 0 Å². The summed E-state index contributed by atoms with van der Waals surface area (Å²) >= 11 is 0. The Bertz CT molecular complexity index is 334. The Balaban J connectivity index is 1.96. The number of aliphatic hydroxyl groups excluding tert-OH is 3. The summed E-state index contributed by atoms with van der Waals surface area (Å²) in [5.41, 5.74) is 0. The molecule has 1 aliphatic heterocycles. The Morgan fingerprint density at radius 2 is 1.64 bits per heavy atom. The molecule has 0 spiro atoms. The third kappa shape index (κ3) is 9.71. The quantitative estimate of drug-likeness (QED) is 0.310. The molecule has 3 N–H and O–H groups in total. The topological polar surface area (TPSA) is 79.2 Å². The molecule has 0 saturated carbocycles. The van der Waals surface area contributed by atoms with Gasteiger partial charge in [-0.2, -0.15) is 0 Å². The molecule has 148 valence electrons. The fourth-order valence-electron chi connectivity index (χ4n) is 3.10. The Labute approximate surface area is 153 Å². The predicted molar refractivity (Wildman–Crippen MR) is 99.6 cm³/mol. The average Bonchev–Trinajstić information content (AvgIpc) is 2.95. The summed E-state index contributed by atoms with van der Waals surface area (Å²) in [7, 11) is 0. The van der Waals surface area contributed by atoms with E-state index in [1.165, 1.54) is 44.9 Å². The van der Waals surface area contributed by atoms with Crippen LogP contribution in [0.5, 0.6) is 0 Å². The molecule has 0 aliphatic carbocycles. The highest BCUT2D eigenvalue weighted by Gasteiger charge is 2.40. The minimum absolute atomic E-state index is 0.0903. The summed E-state index contributed by atoms with van der Waals surface area (Å²) in [6.07, 6.45) is 13.7. The van der Waals surface area contributed by atoms with Gasteiger partial charge in [0.15, 0.2) is 0 Å². The SMILES string of the molecule is CCCCCCCCC/C=C/CCCO[C@@H](CO)[C@@H]1OC[C@@H](O)[C@@H]1O. The molecule has 1 rings (SSSR count). The highest BCUT2D eigenvalue weighted by molar-refractivity contribution is 4.88. The van der Waals surface area contributed by atoms with E-state index in [0.29, 0.717) is 6.61 Å². The molecule has 1 saturated heterocycles. The molecule has 1 fully saturated rings. The molecule has 0 amide bonds. The third-order valence-corrected chi connectivity index (χ3v) is 4.72. The van der Waals surface area contributed by atoms with Crippen molar-refractivity contribution in [1.29, 1.82) is 0 Å². The van der Waals surface area contributed by atoms with Crippen LogP contribution in [0.1, 0.15) is 71.1 Å². The lowest BCUT2D eigenvalue weighted by molar-refractivity contribution is -0.101. The molecule has 1 heterocycles. The normalized spacial score (nSPS) is 25.0. The zero-order valence-corrected chi connectivity index (χ0v) is 15.8. The highest BCUT2D eigenvalue weighted by Crippen LogP contribution is 2.19. The predicted octanol–water partition coefficient (Wildman–Crippen LogP) is 2.96. The number of aliphatic hydroxyl groups is 3. The minimum Gasteiger partial charge on any atom is -0.394 e. The molecular weight excluding hydrogens is 320 g/mol. The number of hydrogen-bond donors (Lipinski definition) is 3. The lowest BCUT2D eigenvalue weighted by Crippen LogP contribution is -2.42. The van der Waals surface area contributed by atoms with Crippen LogP contribution in [0.4, 0.5) is 0 Å². The van der Waals surface area contributed by atoms with Crippen molar-refractivity contribution in [2.75, 3.05) is 19.8 Å². The van der Waals surface area contributed by atoms with Gasteiger partial charge in [-0.25, -0.2) is 0 Å². The Kier molecular flexibility index (Phi) is 13.3. The van der Waals surface area contributed by atoms with Crippen molar-refractivity contribution in [3.05, 3.63) is 12.2 Å². The van der Waals surface area contributed by atoms with Crippen LogP contribution in [-0.2, 0) is 9.47 Å². The molecule has 0 aromatic carbocycles. The second-order valence-corrected chi connectivity index (χ2v) is 6.97. The molecule has 0 radical (unpaired) electrons. The maximum atomic E-state index is 9.79. The van der Waals surface area contributed by atoms with Crippen LogP contribution in [-0.4, -0.2) is 59.6 Å². The standard InChI is InChI=1S/C20H38O5/c1-2-3-4-5-6-7-8-9-10-11-12-13-14-24-18(15-21)20-19(23)17(22)16-25-20/h10-11,17-23H,2-9,12-16H2,1H3/b11-10+/t17-,18+,19+,20+/m1/s1. The van der Waals surface area contributed by atoms with E-state index in [2.05, 4.69) is 19.1 Å². The van der Waals surface area contributed by atoms with E-state index in [1.54, 1.807) is 0 Å². The zero-order valence-electron chi connectivity index (χ0n) is 15.8. The average molecular weight is 359 g/mol. The van der Waals surface area contributed by atoms with Crippen LogP contribution >= 0.6 is 0 Å². The number of allylic oxidation sites excluding steroid dienone is 2. The number of ether oxygens (including phenoxy) is 2. The molecule has 4 atom stereocenters. The number of hydrogen-bond acceptors (Lipinski definition) is 5. The van der Waals surface area contributed by atoms with Crippen LogP contribution in [0, 0.1) is 0 Å². The monoisotopic (exact) mass is 358 g/mol. The summed E-state index contributed by atoms with van der Waals surface area (Å²) in [6.45, 7) is 2.63. The van der Waals surface area contributed by atoms with Crippen molar-refractivity contribution < 1.29 is 24.8 Å². The van der Waals surface area contributed by atoms with Gasteiger partial charge in [0.25, 0.3) is 0 Å². The van der Waals surface area contributed by atoms with Gasteiger partial charge >= 0.3 is 0 Å². The van der Waals surface area contributed by atoms with Gasteiger partial charge in [-0.05, 0) is 25.7 Å². The van der Waals surface area contributed by atoms with E-state index < -0.39 is 24.4 Å². The minimum atomic E-state index is -0.987. The first-order valence-electron chi connectivity index (χ1n) is 10.1. The molecule has 1 aliphatic rings. The maximum absolute atomic E-state index is 9.79. The summed E-state index contributed by atoms with van der Waals surface area (Å²) < 4.78 is 10.9. The molecule has 5 nitrogen and oxygen atoms in total. The summed E-state index contributed by atoms with van der Waals surface area (Å²) in [4.78, 5) is 0. The van der Waals surface area contributed by atoms with Crippen molar-refractivity contribution in [2.24, 2.45) is 0 Å². The molecule has 25 heavy (non-hydrogen) atoms. The molecule has 0 unspecified atom stereocenters. The maximum Gasteiger partial charge on any atom is 0.114 e. The van der Waals surface area contributed by atoms with Crippen LogP contribution < -0.4 is 0 Å². The Morgan fingerprint density at radius 3 is 2.24 bits per heavy atom. The molecule has 5 heteroatoms. The van der Waals surface area contributed by atoms with Crippen LogP contribution in [0.3, 0.4) is 0 Å². The largest absolute Gasteiger partial charge is 0.394 e. The third-order valence-electron chi connectivity index (χ3n) is 4.72. The van der Waals surface area contributed by atoms with Crippen LogP contribution in [0.2, 0.25) is 0 Å². The first kappa shape index (κ1) is 22.6. The van der Waals surface area contributed by atoms with Gasteiger partial charge < -0.3 is 24.8 Å². The van der Waals surface area contributed by atoms with Gasteiger partial charge in [0.2, 0.25) is 0 Å². The van der Waals surface area contributed by atoms with Gasteiger partial charge in [0, 0.05) is 6.61 Å². The number of unbranched alkanes of at least 4 members (excludes halogenated alkanes) is 8. The Hall–Kier alpha value is -0.460. The Morgan fingerprint density at radius 1 is 1.00 bits per heavy atom. The van der Waals surface area contributed by atoms with Crippen molar-refractivity contribution in [3.8, 4) is 0 Å².